The Labute approximate surface area is 143 Å². The van der Waals surface area contributed by atoms with Gasteiger partial charge in [-0.3, -0.25) is 9.10 Å². The van der Waals surface area contributed by atoms with Crippen molar-refractivity contribution in [2.75, 3.05) is 17.6 Å². The van der Waals surface area contributed by atoms with E-state index in [1.165, 1.54) is 11.4 Å². The molecule has 1 amide bonds. The van der Waals surface area contributed by atoms with Gasteiger partial charge in [0.25, 0.3) is 5.91 Å². The first-order chi connectivity index (χ1) is 11.2. The molecule has 0 aliphatic carbocycles. The Kier molecular flexibility index (Phi) is 5.29. The third-order valence-corrected chi connectivity index (χ3v) is 5.23. The highest BCUT2D eigenvalue weighted by Gasteiger charge is 2.19. The van der Waals surface area contributed by atoms with E-state index >= 15 is 0 Å². The summed E-state index contributed by atoms with van der Waals surface area (Å²) >= 11 is 0. The zero-order chi connectivity index (χ0) is 17.9. The summed E-state index contributed by atoms with van der Waals surface area (Å²) in [6.07, 6.45) is 1.14. The Morgan fingerprint density at radius 1 is 1.08 bits per heavy atom. The summed E-state index contributed by atoms with van der Waals surface area (Å²) in [5.41, 5.74) is 2.60. The first-order valence-electron chi connectivity index (χ1n) is 7.61. The van der Waals surface area contributed by atoms with E-state index in [1.54, 1.807) is 25.1 Å². The SMILES string of the molecule is Cc1c(C(=O)N[C@H](C)c2ccccc2)cccc1N(C)S(C)(=O)=O. The van der Waals surface area contributed by atoms with E-state index in [0.717, 1.165) is 11.8 Å². The third kappa shape index (κ3) is 3.94. The van der Waals surface area contributed by atoms with Gasteiger partial charge in [-0.15, -0.1) is 0 Å². The van der Waals surface area contributed by atoms with Crippen molar-refractivity contribution >= 4 is 21.6 Å². The number of hydrogen-bond acceptors (Lipinski definition) is 3. The van der Waals surface area contributed by atoms with Crippen LogP contribution in [0.2, 0.25) is 0 Å². The van der Waals surface area contributed by atoms with Crippen molar-refractivity contribution in [2.45, 2.75) is 19.9 Å². The Hall–Kier alpha value is -2.34. The molecule has 0 aromatic heterocycles. The van der Waals surface area contributed by atoms with Crippen molar-refractivity contribution in [1.29, 1.82) is 0 Å². The number of rotatable bonds is 5. The van der Waals surface area contributed by atoms with E-state index in [-0.39, 0.29) is 11.9 Å². The maximum atomic E-state index is 12.6. The summed E-state index contributed by atoms with van der Waals surface area (Å²) in [4.78, 5) is 12.6. The molecule has 6 heteroatoms. The number of benzene rings is 2. The molecule has 0 aliphatic rings. The zero-order valence-electron chi connectivity index (χ0n) is 14.3. The van der Waals surface area contributed by atoms with Crippen LogP contribution in [0.1, 0.15) is 34.5 Å². The smallest absolute Gasteiger partial charge is 0.252 e. The molecule has 0 aliphatic heterocycles. The predicted molar refractivity (Wildman–Crippen MR) is 96.7 cm³/mol. The van der Waals surface area contributed by atoms with Gasteiger partial charge in [-0.2, -0.15) is 0 Å². The minimum absolute atomic E-state index is 0.144. The molecule has 0 saturated heterocycles. The van der Waals surface area contributed by atoms with Crippen LogP contribution in [-0.2, 0) is 10.0 Å². The lowest BCUT2D eigenvalue weighted by Gasteiger charge is -2.21. The fourth-order valence-corrected chi connectivity index (χ4v) is 3.04. The summed E-state index contributed by atoms with van der Waals surface area (Å²) in [6.45, 7) is 3.66. The number of carbonyl (C=O) groups excluding carboxylic acids is 1. The van der Waals surface area contributed by atoms with E-state index in [9.17, 15) is 13.2 Å². The molecule has 0 spiro atoms. The minimum Gasteiger partial charge on any atom is -0.346 e. The van der Waals surface area contributed by atoms with Crippen LogP contribution in [0, 0.1) is 6.92 Å². The van der Waals surface area contributed by atoms with Crippen molar-refractivity contribution in [3.05, 3.63) is 65.2 Å². The number of anilines is 1. The Bertz CT molecular complexity index is 833. The second kappa shape index (κ2) is 7.05. The van der Waals surface area contributed by atoms with Crippen molar-refractivity contribution in [3.8, 4) is 0 Å². The van der Waals surface area contributed by atoms with Gasteiger partial charge in [0.05, 0.1) is 18.0 Å². The predicted octanol–water partition coefficient (Wildman–Crippen LogP) is 2.88. The van der Waals surface area contributed by atoms with Crippen molar-refractivity contribution < 1.29 is 13.2 Å². The molecule has 0 radical (unpaired) electrons. The van der Waals surface area contributed by atoms with Crippen molar-refractivity contribution in [3.63, 3.8) is 0 Å². The summed E-state index contributed by atoms with van der Waals surface area (Å²) in [7, 11) is -1.91. The highest BCUT2D eigenvalue weighted by Crippen LogP contribution is 2.24. The van der Waals surface area contributed by atoms with Gasteiger partial charge < -0.3 is 5.32 Å². The van der Waals surface area contributed by atoms with Crippen LogP contribution in [-0.4, -0.2) is 27.6 Å². The Morgan fingerprint density at radius 2 is 1.71 bits per heavy atom. The fourth-order valence-electron chi connectivity index (χ4n) is 2.49. The Balaban J connectivity index is 2.28. The lowest BCUT2D eigenvalue weighted by molar-refractivity contribution is 0.0939. The molecule has 0 bridgehead atoms. The van der Waals surface area contributed by atoms with E-state index in [4.69, 9.17) is 0 Å². The first-order valence-corrected chi connectivity index (χ1v) is 9.46. The molecule has 2 aromatic rings. The molecule has 0 unspecified atom stereocenters. The van der Waals surface area contributed by atoms with Gasteiger partial charge in [-0.1, -0.05) is 36.4 Å². The molecule has 1 N–H and O–H groups in total. The molecule has 128 valence electrons. The highest BCUT2D eigenvalue weighted by molar-refractivity contribution is 7.92. The van der Waals surface area contributed by atoms with Crippen molar-refractivity contribution in [2.24, 2.45) is 0 Å². The molecular formula is C18H22N2O3S. The second-order valence-corrected chi connectivity index (χ2v) is 7.80. The first kappa shape index (κ1) is 18.0. The van der Waals surface area contributed by atoms with Crippen LogP contribution in [0.4, 0.5) is 5.69 Å². The molecule has 2 aromatic carbocycles. The van der Waals surface area contributed by atoms with Crippen LogP contribution in [0.25, 0.3) is 0 Å². The number of hydrogen-bond donors (Lipinski definition) is 1. The standard InChI is InChI=1S/C18H22N2O3S/c1-13-16(11-8-12-17(13)20(3)24(4,22)23)18(21)19-14(2)15-9-6-5-7-10-15/h5-12,14H,1-4H3,(H,19,21)/t14-/m1/s1. The van der Waals surface area contributed by atoms with E-state index in [0.29, 0.717) is 16.8 Å². The van der Waals surface area contributed by atoms with Crippen LogP contribution in [0.3, 0.4) is 0 Å². The average molecular weight is 346 g/mol. The molecule has 2 rings (SSSR count). The maximum Gasteiger partial charge on any atom is 0.252 e. The normalized spacial score (nSPS) is 12.5. The van der Waals surface area contributed by atoms with Crippen molar-refractivity contribution in [1.82, 2.24) is 5.32 Å². The number of carbonyl (C=O) groups is 1. The summed E-state index contributed by atoms with van der Waals surface area (Å²) in [5.74, 6) is -0.229. The molecule has 1 atom stereocenters. The lowest BCUT2D eigenvalue weighted by atomic mass is 10.0. The van der Waals surface area contributed by atoms with Gasteiger partial charge in [0, 0.05) is 12.6 Å². The molecule has 0 saturated carbocycles. The fraction of sp³-hybridized carbons (Fsp3) is 0.278. The van der Waals surface area contributed by atoms with Crippen LogP contribution < -0.4 is 9.62 Å². The number of sulfonamides is 1. The molecule has 0 heterocycles. The largest absolute Gasteiger partial charge is 0.346 e. The summed E-state index contributed by atoms with van der Waals surface area (Å²) < 4.78 is 24.7. The second-order valence-electron chi connectivity index (χ2n) is 5.79. The van der Waals surface area contributed by atoms with Gasteiger partial charge in [-0.05, 0) is 37.1 Å². The number of nitrogens with zero attached hydrogens (tertiary/aromatic N) is 1. The quantitative estimate of drug-likeness (QED) is 0.905. The average Bonchev–Trinajstić information content (AvgIpc) is 2.54. The van der Waals surface area contributed by atoms with Crippen LogP contribution in [0.15, 0.2) is 48.5 Å². The topological polar surface area (TPSA) is 66.5 Å². The summed E-state index contributed by atoms with van der Waals surface area (Å²) in [5, 5.41) is 2.95. The van der Waals surface area contributed by atoms with E-state index < -0.39 is 10.0 Å². The van der Waals surface area contributed by atoms with Gasteiger partial charge >= 0.3 is 0 Å². The minimum atomic E-state index is -3.39. The molecule has 0 fully saturated rings. The number of amides is 1. The molecular weight excluding hydrogens is 324 g/mol. The van der Waals surface area contributed by atoms with Gasteiger partial charge in [-0.25, -0.2) is 8.42 Å². The highest BCUT2D eigenvalue weighted by atomic mass is 32.2. The number of nitrogens with one attached hydrogen (secondary N) is 1. The van der Waals surface area contributed by atoms with Gasteiger partial charge in [0.15, 0.2) is 0 Å². The van der Waals surface area contributed by atoms with Gasteiger partial charge in [0.2, 0.25) is 10.0 Å². The van der Waals surface area contributed by atoms with Crippen LogP contribution in [0.5, 0.6) is 0 Å². The van der Waals surface area contributed by atoms with E-state index in [1.807, 2.05) is 37.3 Å². The molecule has 24 heavy (non-hydrogen) atoms. The maximum absolute atomic E-state index is 12.6. The van der Waals surface area contributed by atoms with Crippen LogP contribution >= 0.6 is 0 Å². The third-order valence-electron chi connectivity index (χ3n) is 4.03. The molecule has 5 nitrogen and oxygen atoms in total. The zero-order valence-corrected chi connectivity index (χ0v) is 15.1. The van der Waals surface area contributed by atoms with Gasteiger partial charge in [0.1, 0.15) is 0 Å². The monoisotopic (exact) mass is 346 g/mol. The Morgan fingerprint density at radius 3 is 2.29 bits per heavy atom. The lowest BCUT2D eigenvalue weighted by Crippen LogP contribution is -2.29. The van der Waals surface area contributed by atoms with E-state index in [2.05, 4.69) is 5.32 Å². The summed E-state index contributed by atoms with van der Waals surface area (Å²) in [6, 6.07) is 14.6.